The van der Waals surface area contributed by atoms with Gasteiger partial charge in [-0.2, -0.15) is 0 Å². The molecular formula is C24H26ClFN2O4. The van der Waals surface area contributed by atoms with E-state index >= 15 is 0 Å². The summed E-state index contributed by atoms with van der Waals surface area (Å²) in [6.07, 6.45) is 0.408. The molecule has 4 rings (SSSR count). The minimum Gasteiger partial charge on any atom is -0.493 e. The van der Waals surface area contributed by atoms with Gasteiger partial charge in [0.2, 0.25) is 0 Å². The van der Waals surface area contributed by atoms with Crippen LogP contribution in [-0.2, 0) is 6.42 Å². The van der Waals surface area contributed by atoms with E-state index in [1.165, 1.54) is 7.11 Å². The fourth-order valence-electron chi connectivity index (χ4n) is 4.14. The molecule has 2 aromatic carbocycles. The predicted molar refractivity (Wildman–Crippen MR) is 120 cm³/mol. The third-order valence-corrected chi connectivity index (χ3v) is 6.28. The molecule has 1 N–H and O–H groups in total. The lowest BCUT2D eigenvalue weighted by atomic mass is 9.96. The number of amides is 1. The van der Waals surface area contributed by atoms with Crippen molar-refractivity contribution in [2.75, 3.05) is 26.9 Å². The minimum atomic E-state index is -0.584. The molecule has 2 heterocycles. The van der Waals surface area contributed by atoms with Gasteiger partial charge in [-0.3, -0.25) is 9.18 Å². The molecule has 0 saturated carbocycles. The van der Waals surface area contributed by atoms with Gasteiger partial charge in [-0.05, 0) is 42.2 Å². The summed E-state index contributed by atoms with van der Waals surface area (Å²) in [5, 5.41) is 10.5. The van der Waals surface area contributed by atoms with E-state index in [0.29, 0.717) is 52.8 Å². The first kappa shape index (κ1) is 22.6. The maximum absolute atomic E-state index is 13.8. The number of carbonyl (C=O) groups excluding carboxylic acids is 1. The summed E-state index contributed by atoms with van der Waals surface area (Å²) in [6.45, 7) is 2.33. The Balaban J connectivity index is 1.61. The van der Waals surface area contributed by atoms with Gasteiger partial charge in [0.1, 0.15) is 5.52 Å². The number of oxazole rings is 1. The van der Waals surface area contributed by atoms with Crippen molar-refractivity contribution in [3.63, 3.8) is 0 Å². The van der Waals surface area contributed by atoms with Gasteiger partial charge in [0.05, 0.1) is 19.9 Å². The van der Waals surface area contributed by atoms with Gasteiger partial charge in [-0.25, -0.2) is 4.98 Å². The number of methoxy groups -OCH3 is 1. The highest BCUT2D eigenvalue weighted by atomic mass is 35.5. The molecule has 170 valence electrons. The minimum absolute atomic E-state index is 0.0149. The first-order chi connectivity index (χ1) is 15.4. The molecule has 1 fully saturated rings. The molecule has 3 aromatic rings. The Hall–Kier alpha value is -2.64. The van der Waals surface area contributed by atoms with Crippen LogP contribution in [0.2, 0.25) is 5.02 Å². The number of halogens is 2. The van der Waals surface area contributed by atoms with Crippen LogP contribution in [0, 0.1) is 5.92 Å². The monoisotopic (exact) mass is 460 g/mol. The second-order valence-corrected chi connectivity index (χ2v) is 8.77. The van der Waals surface area contributed by atoms with E-state index in [1.807, 2.05) is 13.0 Å². The van der Waals surface area contributed by atoms with Crippen LogP contribution in [0.5, 0.6) is 5.75 Å². The van der Waals surface area contributed by atoms with Crippen molar-refractivity contribution >= 4 is 28.6 Å². The number of alkyl halides is 1. The third-order valence-electron chi connectivity index (χ3n) is 6.04. The highest BCUT2D eigenvalue weighted by molar-refractivity contribution is 6.30. The van der Waals surface area contributed by atoms with Gasteiger partial charge < -0.3 is 19.2 Å². The molecule has 6 nitrogen and oxygen atoms in total. The van der Waals surface area contributed by atoms with Crippen LogP contribution in [0.4, 0.5) is 4.39 Å². The van der Waals surface area contributed by atoms with Crippen LogP contribution >= 0.6 is 11.6 Å². The van der Waals surface area contributed by atoms with Crippen molar-refractivity contribution in [1.82, 2.24) is 9.88 Å². The summed E-state index contributed by atoms with van der Waals surface area (Å²) in [5.41, 5.74) is 2.11. The van der Waals surface area contributed by atoms with Crippen LogP contribution in [0.25, 0.3) is 11.1 Å². The van der Waals surface area contributed by atoms with Gasteiger partial charge in [-0.1, -0.05) is 30.7 Å². The first-order valence-corrected chi connectivity index (χ1v) is 11.0. The smallest absolute Gasteiger partial charge is 0.254 e. The lowest BCUT2D eigenvalue weighted by molar-refractivity contribution is 0.0297. The Morgan fingerprint density at radius 2 is 2.22 bits per heavy atom. The molecule has 3 atom stereocenters. The summed E-state index contributed by atoms with van der Waals surface area (Å²) >= 11 is 6.05. The fraction of sp³-hybridized carbons (Fsp3) is 0.417. The molecule has 1 aliphatic heterocycles. The summed E-state index contributed by atoms with van der Waals surface area (Å²) in [4.78, 5) is 19.3. The van der Waals surface area contributed by atoms with Crippen molar-refractivity contribution in [3.8, 4) is 5.75 Å². The topological polar surface area (TPSA) is 75.8 Å². The SMILES string of the molecule is COc1cc(C(=O)N2CCC(O)C(C)C2)cc2nc(CC(CF)c3cccc(Cl)c3)oc12. The number of nitrogens with zero attached hydrogens (tertiary/aromatic N) is 2. The second-order valence-electron chi connectivity index (χ2n) is 8.33. The van der Waals surface area contributed by atoms with Gasteiger partial charge >= 0.3 is 0 Å². The van der Waals surface area contributed by atoms with E-state index in [9.17, 15) is 14.3 Å². The number of likely N-dealkylation sites (tertiary alicyclic amines) is 1. The summed E-state index contributed by atoms with van der Waals surface area (Å²) in [6, 6.07) is 10.4. The summed E-state index contributed by atoms with van der Waals surface area (Å²) < 4.78 is 25.1. The van der Waals surface area contributed by atoms with Crippen molar-refractivity contribution < 1.29 is 23.4 Å². The van der Waals surface area contributed by atoms with Crippen molar-refractivity contribution in [2.45, 2.75) is 31.8 Å². The van der Waals surface area contributed by atoms with Gasteiger partial charge in [0.25, 0.3) is 5.91 Å². The Morgan fingerprint density at radius 3 is 2.91 bits per heavy atom. The van der Waals surface area contributed by atoms with Crippen LogP contribution in [0.1, 0.15) is 41.1 Å². The second kappa shape index (κ2) is 9.46. The van der Waals surface area contributed by atoms with E-state index < -0.39 is 18.7 Å². The van der Waals surface area contributed by atoms with Crippen LogP contribution in [0.3, 0.4) is 0 Å². The third kappa shape index (κ3) is 4.59. The van der Waals surface area contributed by atoms with Crippen molar-refractivity contribution in [2.24, 2.45) is 5.92 Å². The molecule has 1 amide bonds. The summed E-state index contributed by atoms with van der Waals surface area (Å²) in [5.74, 6) is 0.180. The number of carbonyl (C=O) groups is 1. The van der Waals surface area contributed by atoms with Crippen LogP contribution < -0.4 is 4.74 Å². The Kier molecular flexibility index (Phi) is 6.67. The quantitative estimate of drug-likeness (QED) is 0.580. The maximum Gasteiger partial charge on any atom is 0.254 e. The lowest BCUT2D eigenvalue weighted by Gasteiger charge is -2.34. The largest absolute Gasteiger partial charge is 0.493 e. The number of aromatic nitrogens is 1. The average Bonchev–Trinajstić information content (AvgIpc) is 3.20. The number of aliphatic hydroxyl groups is 1. The van der Waals surface area contributed by atoms with Crippen molar-refractivity contribution in [3.05, 3.63) is 58.4 Å². The molecule has 0 bridgehead atoms. The molecule has 8 heteroatoms. The zero-order valence-corrected chi connectivity index (χ0v) is 18.8. The Morgan fingerprint density at radius 1 is 1.41 bits per heavy atom. The molecule has 0 radical (unpaired) electrons. The average molecular weight is 461 g/mol. The molecular weight excluding hydrogens is 435 g/mol. The van der Waals surface area contributed by atoms with Gasteiger partial charge in [0, 0.05) is 36.0 Å². The first-order valence-electron chi connectivity index (χ1n) is 10.7. The number of fused-ring (bicyclic) bond motifs is 1. The fourth-order valence-corrected chi connectivity index (χ4v) is 4.34. The molecule has 1 saturated heterocycles. The Labute approximate surface area is 190 Å². The van der Waals surface area contributed by atoms with E-state index in [2.05, 4.69) is 4.98 Å². The Bertz CT molecular complexity index is 1120. The summed E-state index contributed by atoms with van der Waals surface area (Å²) in [7, 11) is 1.50. The molecule has 1 aromatic heterocycles. The van der Waals surface area contributed by atoms with E-state index in [0.717, 1.165) is 5.56 Å². The number of piperidine rings is 1. The highest BCUT2D eigenvalue weighted by Crippen LogP contribution is 2.32. The van der Waals surface area contributed by atoms with Crippen molar-refractivity contribution in [1.29, 1.82) is 0 Å². The molecule has 3 unspecified atom stereocenters. The number of ether oxygens (including phenoxy) is 1. The zero-order chi connectivity index (χ0) is 22.8. The van der Waals surface area contributed by atoms with Gasteiger partial charge in [-0.15, -0.1) is 0 Å². The normalized spacial score (nSPS) is 19.8. The number of hydrogen-bond acceptors (Lipinski definition) is 5. The van der Waals surface area contributed by atoms with Gasteiger partial charge in [0.15, 0.2) is 17.2 Å². The molecule has 0 spiro atoms. The maximum atomic E-state index is 13.8. The predicted octanol–water partition coefficient (Wildman–Crippen LogP) is 4.63. The molecule has 1 aliphatic rings. The number of aliphatic hydroxyl groups excluding tert-OH is 1. The van der Waals surface area contributed by atoms with Crippen LogP contribution in [-0.4, -0.2) is 53.9 Å². The standard InChI is InChI=1S/C24H26ClFN2O4/c1-14-13-28(7-6-20(14)29)24(30)16-9-19-23(21(10-16)31-2)32-22(27-19)11-17(12-26)15-4-3-5-18(25)8-15/h3-5,8-10,14,17,20,29H,6-7,11-13H2,1-2H3. The molecule has 32 heavy (non-hydrogen) atoms. The number of benzene rings is 2. The number of rotatable bonds is 6. The van der Waals surface area contributed by atoms with E-state index in [4.69, 9.17) is 20.8 Å². The van der Waals surface area contributed by atoms with E-state index in [1.54, 1.807) is 35.2 Å². The zero-order valence-electron chi connectivity index (χ0n) is 18.1. The number of hydrogen-bond donors (Lipinski definition) is 1. The highest BCUT2D eigenvalue weighted by Gasteiger charge is 2.29. The molecule has 0 aliphatic carbocycles. The lowest BCUT2D eigenvalue weighted by Crippen LogP contribution is -2.44. The van der Waals surface area contributed by atoms with Crippen LogP contribution in [0.15, 0.2) is 40.8 Å². The van der Waals surface area contributed by atoms with E-state index in [-0.39, 0.29) is 18.2 Å².